The number of anilines is 3. The maximum Gasteiger partial charge on any atom is 0.240 e. The summed E-state index contributed by atoms with van der Waals surface area (Å²) in [7, 11) is 0. The van der Waals surface area contributed by atoms with Gasteiger partial charge in [-0.05, 0) is 50.5 Å². The number of benzene rings is 2. The normalized spacial score (nSPS) is 16.7. The van der Waals surface area contributed by atoms with E-state index in [1.54, 1.807) is 0 Å². The first-order valence-corrected chi connectivity index (χ1v) is 11.0. The number of hydrogen-bond acceptors (Lipinski definition) is 6. The first kappa shape index (κ1) is 19.0. The molecule has 0 saturated heterocycles. The smallest absolute Gasteiger partial charge is 0.240 e. The summed E-state index contributed by atoms with van der Waals surface area (Å²) in [4.78, 5) is 15.0. The zero-order valence-corrected chi connectivity index (χ0v) is 17.7. The van der Waals surface area contributed by atoms with Gasteiger partial charge in [-0.15, -0.1) is 10.2 Å². The molecule has 0 fully saturated rings. The summed E-state index contributed by atoms with van der Waals surface area (Å²) in [5, 5.41) is 12.3. The fourth-order valence-corrected chi connectivity index (χ4v) is 5.39. The number of para-hydroxylation sites is 2. The van der Waals surface area contributed by atoms with Crippen molar-refractivity contribution in [2.24, 2.45) is 0 Å². The Labute approximate surface area is 173 Å². The van der Waals surface area contributed by atoms with E-state index in [9.17, 15) is 4.79 Å². The van der Waals surface area contributed by atoms with Gasteiger partial charge in [0.15, 0.2) is 4.34 Å². The Morgan fingerprint density at radius 1 is 1.21 bits per heavy atom. The number of thioether (sulfide) groups is 1. The van der Waals surface area contributed by atoms with E-state index < -0.39 is 0 Å². The van der Waals surface area contributed by atoms with Crippen LogP contribution in [0.2, 0.25) is 0 Å². The van der Waals surface area contributed by atoms with E-state index in [4.69, 9.17) is 0 Å². The first-order chi connectivity index (χ1) is 13.5. The van der Waals surface area contributed by atoms with Gasteiger partial charge in [0.25, 0.3) is 0 Å². The average molecular weight is 411 g/mol. The third-order valence-corrected chi connectivity index (χ3v) is 6.87. The average Bonchev–Trinajstić information content (AvgIpc) is 3.26. The lowest BCUT2D eigenvalue weighted by atomic mass is 10.1. The van der Waals surface area contributed by atoms with Crippen molar-refractivity contribution in [3.05, 3.63) is 59.7 Å². The number of carbonyl (C=O) groups is 1. The minimum absolute atomic E-state index is 0.117. The Balaban J connectivity index is 1.44. The lowest BCUT2D eigenvalue weighted by Gasteiger charge is -2.25. The second-order valence-electron chi connectivity index (χ2n) is 6.96. The number of nitrogens with one attached hydrogen (secondary N) is 1. The van der Waals surface area contributed by atoms with E-state index in [-0.39, 0.29) is 17.2 Å². The van der Waals surface area contributed by atoms with E-state index in [0.717, 1.165) is 32.8 Å². The zero-order valence-electron chi connectivity index (χ0n) is 16.0. The van der Waals surface area contributed by atoms with Gasteiger partial charge in [0.05, 0.1) is 5.25 Å². The van der Waals surface area contributed by atoms with E-state index in [1.807, 2.05) is 48.2 Å². The SMILES string of the molecule is Cc1ccccc1Nc1nnc(S[C@H](C)C(=O)N2c3ccccc3C[C@@H]2C)s1. The van der Waals surface area contributed by atoms with Crippen LogP contribution in [-0.4, -0.2) is 27.4 Å². The summed E-state index contributed by atoms with van der Waals surface area (Å²) >= 11 is 2.93. The third-order valence-electron chi connectivity index (χ3n) is 4.86. The van der Waals surface area contributed by atoms with Gasteiger partial charge in [0, 0.05) is 17.4 Å². The molecule has 1 amide bonds. The molecule has 2 heterocycles. The fourth-order valence-electron chi connectivity index (χ4n) is 3.44. The Morgan fingerprint density at radius 3 is 2.79 bits per heavy atom. The summed E-state index contributed by atoms with van der Waals surface area (Å²) < 4.78 is 0.789. The molecule has 28 heavy (non-hydrogen) atoms. The van der Waals surface area contributed by atoms with Gasteiger partial charge in [-0.2, -0.15) is 0 Å². The van der Waals surface area contributed by atoms with Gasteiger partial charge >= 0.3 is 0 Å². The quantitative estimate of drug-likeness (QED) is 0.597. The highest BCUT2D eigenvalue weighted by Gasteiger charge is 2.33. The van der Waals surface area contributed by atoms with Crippen LogP contribution in [0.3, 0.4) is 0 Å². The molecular formula is C21H22N4OS2. The van der Waals surface area contributed by atoms with Gasteiger partial charge in [0.2, 0.25) is 11.0 Å². The molecule has 1 aromatic heterocycles. The number of hydrogen-bond donors (Lipinski definition) is 1. The Morgan fingerprint density at radius 2 is 1.96 bits per heavy atom. The minimum atomic E-state index is -0.229. The van der Waals surface area contributed by atoms with E-state index in [2.05, 4.69) is 41.5 Å². The molecule has 5 nitrogen and oxygen atoms in total. The number of rotatable bonds is 5. The van der Waals surface area contributed by atoms with Crippen LogP contribution in [0.4, 0.5) is 16.5 Å². The summed E-state index contributed by atoms with van der Waals surface area (Å²) in [5.41, 5.74) is 4.44. The molecule has 0 spiro atoms. The van der Waals surface area contributed by atoms with Crippen LogP contribution in [0.15, 0.2) is 52.9 Å². The fraction of sp³-hybridized carbons (Fsp3) is 0.286. The minimum Gasteiger partial charge on any atom is -0.330 e. The third kappa shape index (κ3) is 3.77. The van der Waals surface area contributed by atoms with Crippen molar-refractivity contribution in [2.45, 2.75) is 42.8 Å². The molecule has 7 heteroatoms. The van der Waals surface area contributed by atoms with Gasteiger partial charge in [-0.3, -0.25) is 4.79 Å². The largest absolute Gasteiger partial charge is 0.330 e. The van der Waals surface area contributed by atoms with Crippen LogP contribution in [0.25, 0.3) is 0 Å². The Hall–Kier alpha value is -2.38. The second-order valence-corrected chi connectivity index (χ2v) is 9.53. The van der Waals surface area contributed by atoms with Crippen molar-refractivity contribution in [1.82, 2.24) is 10.2 Å². The van der Waals surface area contributed by atoms with Gasteiger partial charge < -0.3 is 10.2 Å². The monoisotopic (exact) mass is 410 g/mol. The second kappa shape index (κ2) is 7.93. The van der Waals surface area contributed by atoms with Crippen molar-refractivity contribution in [3.8, 4) is 0 Å². The first-order valence-electron chi connectivity index (χ1n) is 9.26. The van der Waals surface area contributed by atoms with Crippen LogP contribution in [0.5, 0.6) is 0 Å². The predicted molar refractivity (Wildman–Crippen MR) is 117 cm³/mol. The highest BCUT2D eigenvalue weighted by atomic mass is 32.2. The number of aromatic nitrogens is 2. The van der Waals surface area contributed by atoms with Gasteiger partial charge in [-0.25, -0.2) is 0 Å². The van der Waals surface area contributed by atoms with Crippen LogP contribution < -0.4 is 10.2 Å². The van der Waals surface area contributed by atoms with E-state index >= 15 is 0 Å². The molecule has 2 aromatic carbocycles. The molecule has 0 radical (unpaired) electrons. The summed E-state index contributed by atoms with van der Waals surface area (Å²) in [6.45, 7) is 6.09. The van der Waals surface area contributed by atoms with E-state index in [0.29, 0.717) is 0 Å². The lowest BCUT2D eigenvalue weighted by molar-refractivity contribution is -0.118. The molecule has 0 aliphatic carbocycles. The Bertz CT molecular complexity index is 1000. The lowest BCUT2D eigenvalue weighted by Crippen LogP contribution is -2.40. The number of nitrogens with zero attached hydrogens (tertiary/aromatic N) is 3. The molecule has 144 valence electrons. The number of amides is 1. The predicted octanol–water partition coefficient (Wildman–Crippen LogP) is 5.05. The molecule has 2 atom stereocenters. The van der Waals surface area contributed by atoms with Crippen molar-refractivity contribution in [3.63, 3.8) is 0 Å². The van der Waals surface area contributed by atoms with Crippen molar-refractivity contribution >= 4 is 45.5 Å². The van der Waals surface area contributed by atoms with Crippen molar-refractivity contribution < 1.29 is 4.79 Å². The maximum absolute atomic E-state index is 13.1. The number of fused-ring (bicyclic) bond motifs is 1. The Kier molecular flexibility index (Phi) is 5.37. The van der Waals surface area contributed by atoms with Crippen LogP contribution in [0.1, 0.15) is 25.0 Å². The molecular weight excluding hydrogens is 388 g/mol. The highest BCUT2D eigenvalue weighted by Crippen LogP contribution is 2.36. The molecule has 3 aromatic rings. The van der Waals surface area contributed by atoms with Gasteiger partial charge in [-0.1, -0.05) is 59.5 Å². The van der Waals surface area contributed by atoms with Crippen LogP contribution >= 0.6 is 23.1 Å². The molecule has 1 N–H and O–H groups in total. The maximum atomic E-state index is 13.1. The topological polar surface area (TPSA) is 58.1 Å². The molecule has 1 aliphatic rings. The standard InChI is InChI=1S/C21H22N4OS2/c1-13-8-4-6-10-17(13)22-20-23-24-21(28-20)27-15(3)19(26)25-14(2)12-16-9-5-7-11-18(16)25/h4-11,14-15H,12H2,1-3H3,(H,22,23)/t14-,15+/m0/s1. The molecule has 4 rings (SSSR count). The van der Waals surface area contributed by atoms with Crippen molar-refractivity contribution in [1.29, 1.82) is 0 Å². The van der Waals surface area contributed by atoms with E-state index in [1.165, 1.54) is 28.7 Å². The van der Waals surface area contributed by atoms with Crippen molar-refractivity contribution in [2.75, 3.05) is 10.2 Å². The molecule has 0 unspecified atom stereocenters. The number of aryl methyl sites for hydroxylation is 1. The van der Waals surface area contributed by atoms with Gasteiger partial charge in [0.1, 0.15) is 0 Å². The molecule has 1 aliphatic heterocycles. The summed E-state index contributed by atoms with van der Waals surface area (Å²) in [5.74, 6) is 0.117. The summed E-state index contributed by atoms with van der Waals surface area (Å²) in [6, 6.07) is 16.4. The molecule has 0 bridgehead atoms. The highest BCUT2D eigenvalue weighted by molar-refractivity contribution is 8.02. The van der Waals surface area contributed by atoms with Crippen LogP contribution in [0, 0.1) is 6.92 Å². The number of carbonyl (C=O) groups excluding carboxylic acids is 1. The zero-order chi connectivity index (χ0) is 19.7. The molecule has 0 saturated carbocycles. The summed E-state index contributed by atoms with van der Waals surface area (Å²) in [6.07, 6.45) is 0.905. The van der Waals surface area contributed by atoms with Crippen LogP contribution in [-0.2, 0) is 11.2 Å².